The zero-order valence-corrected chi connectivity index (χ0v) is 18.5. The van der Waals surface area contributed by atoms with E-state index in [9.17, 15) is 4.79 Å². The van der Waals surface area contributed by atoms with Crippen LogP contribution in [0.1, 0.15) is 31.2 Å². The van der Waals surface area contributed by atoms with Crippen LogP contribution in [-0.4, -0.2) is 71.9 Å². The van der Waals surface area contributed by atoms with Crippen molar-refractivity contribution in [2.24, 2.45) is 12.5 Å². The van der Waals surface area contributed by atoms with Gasteiger partial charge in [0.25, 0.3) is 0 Å². The Morgan fingerprint density at radius 2 is 1.80 bits per heavy atom. The lowest BCUT2D eigenvalue weighted by molar-refractivity contribution is -0.149. The van der Waals surface area contributed by atoms with Crippen molar-refractivity contribution in [3.05, 3.63) is 42.2 Å². The number of aryl methyl sites for hydroxylation is 1. The van der Waals surface area contributed by atoms with Gasteiger partial charge in [0.15, 0.2) is 0 Å². The van der Waals surface area contributed by atoms with Crippen LogP contribution in [0.4, 0.5) is 0 Å². The number of benzene rings is 1. The van der Waals surface area contributed by atoms with E-state index >= 15 is 0 Å². The number of ether oxygens (including phenoxy) is 1. The summed E-state index contributed by atoms with van der Waals surface area (Å²) in [5, 5.41) is 4.26. The van der Waals surface area contributed by atoms with Gasteiger partial charge in [0.05, 0.1) is 11.6 Å². The van der Waals surface area contributed by atoms with Gasteiger partial charge in [-0.2, -0.15) is 5.10 Å². The minimum atomic E-state index is -0.355. The summed E-state index contributed by atoms with van der Waals surface area (Å²) in [5.74, 6) is 0.302. The number of rotatable bonds is 5. The molecule has 2 aliphatic rings. The third-order valence-electron chi connectivity index (χ3n) is 6.99. The molecule has 2 fully saturated rings. The van der Waals surface area contributed by atoms with E-state index < -0.39 is 0 Å². The van der Waals surface area contributed by atoms with Crippen molar-refractivity contribution in [3.8, 4) is 11.1 Å². The fourth-order valence-electron chi connectivity index (χ4n) is 4.93. The Bertz CT molecular complexity index is 846. The van der Waals surface area contributed by atoms with E-state index in [-0.39, 0.29) is 5.41 Å². The lowest BCUT2D eigenvalue weighted by Gasteiger charge is -2.43. The maximum Gasteiger partial charge on any atom is 0.229 e. The maximum atomic E-state index is 13.7. The van der Waals surface area contributed by atoms with Crippen LogP contribution in [0.25, 0.3) is 11.1 Å². The van der Waals surface area contributed by atoms with Gasteiger partial charge in [-0.1, -0.05) is 24.3 Å². The van der Waals surface area contributed by atoms with Gasteiger partial charge in [0.1, 0.15) is 0 Å². The first-order valence-corrected chi connectivity index (χ1v) is 11.1. The maximum absolute atomic E-state index is 13.7. The van der Waals surface area contributed by atoms with Crippen LogP contribution in [0.15, 0.2) is 36.7 Å². The highest BCUT2D eigenvalue weighted by molar-refractivity contribution is 5.83. The van der Waals surface area contributed by atoms with E-state index in [2.05, 4.69) is 46.2 Å². The van der Waals surface area contributed by atoms with Crippen LogP contribution < -0.4 is 0 Å². The summed E-state index contributed by atoms with van der Waals surface area (Å²) < 4.78 is 7.46. The fraction of sp³-hybridized carbons (Fsp3) is 0.583. The molecule has 0 unspecified atom stereocenters. The van der Waals surface area contributed by atoms with E-state index in [4.69, 9.17) is 4.74 Å². The van der Waals surface area contributed by atoms with Crippen LogP contribution in [0.5, 0.6) is 0 Å². The number of aromatic nitrogens is 2. The Hall–Kier alpha value is -2.18. The summed E-state index contributed by atoms with van der Waals surface area (Å²) in [6.45, 7) is 3.46. The molecule has 1 aromatic heterocycles. The van der Waals surface area contributed by atoms with Crippen molar-refractivity contribution in [1.29, 1.82) is 0 Å². The Balaban J connectivity index is 1.51. The van der Waals surface area contributed by atoms with Crippen LogP contribution >= 0.6 is 0 Å². The summed E-state index contributed by atoms with van der Waals surface area (Å²) in [4.78, 5) is 18.2. The number of hydrogen-bond acceptors (Lipinski definition) is 4. The smallest absolute Gasteiger partial charge is 0.229 e. The van der Waals surface area contributed by atoms with Crippen molar-refractivity contribution in [2.75, 3.05) is 40.4 Å². The lowest BCUT2D eigenvalue weighted by Crippen LogP contribution is -2.52. The molecule has 2 aromatic rings. The van der Waals surface area contributed by atoms with Gasteiger partial charge in [-0.15, -0.1) is 0 Å². The van der Waals surface area contributed by atoms with Crippen molar-refractivity contribution < 1.29 is 9.53 Å². The second-order valence-corrected chi connectivity index (χ2v) is 9.12. The Morgan fingerprint density at radius 1 is 1.13 bits per heavy atom. The van der Waals surface area contributed by atoms with Crippen molar-refractivity contribution in [3.63, 3.8) is 0 Å². The normalized spacial score (nSPS) is 20.2. The van der Waals surface area contributed by atoms with Crippen molar-refractivity contribution >= 4 is 5.91 Å². The molecule has 0 atom stereocenters. The van der Waals surface area contributed by atoms with Gasteiger partial charge < -0.3 is 14.5 Å². The molecule has 6 nitrogen and oxygen atoms in total. The van der Waals surface area contributed by atoms with Gasteiger partial charge in [0, 0.05) is 45.1 Å². The largest absolute Gasteiger partial charge is 0.381 e. The first-order chi connectivity index (χ1) is 14.5. The molecule has 0 saturated carbocycles. The van der Waals surface area contributed by atoms with E-state index in [0.717, 1.165) is 56.3 Å². The van der Waals surface area contributed by atoms with E-state index in [1.54, 1.807) is 0 Å². The minimum absolute atomic E-state index is 0.302. The quantitative estimate of drug-likeness (QED) is 0.760. The monoisotopic (exact) mass is 410 g/mol. The third kappa shape index (κ3) is 4.44. The highest BCUT2D eigenvalue weighted by Gasteiger charge is 2.43. The Morgan fingerprint density at radius 3 is 2.40 bits per heavy atom. The zero-order chi connectivity index (χ0) is 21.1. The number of carbonyl (C=O) groups is 1. The average molecular weight is 411 g/mol. The molecule has 162 valence electrons. The second kappa shape index (κ2) is 8.90. The summed E-state index contributed by atoms with van der Waals surface area (Å²) in [6, 6.07) is 8.97. The number of carbonyl (C=O) groups excluding carboxylic acids is 1. The fourth-order valence-corrected chi connectivity index (χ4v) is 4.93. The molecule has 3 heterocycles. The average Bonchev–Trinajstić information content (AvgIpc) is 3.21. The standard InChI is InChI=1S/C24H34N4O2/c1-26-12-8-22(9-13-26)28(3)23(29)24(10-14-30-15-11-24)16-19-4-6-20(7-5-19)21-17-25-27(2)18-21/h4-7,17-18,22H,8-16H2,1-3H3. The van der Waals surface area contributed by atoms with Gasteiger partial charge in [-0.25, -0.2) is 0 Å². The van der Waals surface area contributed by atoms with Crippen molar-refractivity contribution in [2.45, 2.75) is 38.1 Å². The van der Waals surface area contributed by atoms with E-state index in [1.165, 1.54) is 5.56 Å². The van der Waals surface area contributed by atoms with Crippen LogP contribution in [0.3, 0.4) is 0 Å². The van der Waals surface area contributed by atoms with Gasteiger partial charge >= 0.3 is 0 Å². The number of nitrogens with zero attached hydrogens (tertiary/aromatic N) is 4. The summed E-state index contributed by atoms with van der Waals surface area (Å²) in [6.07, 6.45) is 8.40. The predicted molar refractivity (Wildman–Crippen MR) is 118 cm³/mol. The summed E-state index contributed by atoms with van der Waals surface area (Å²) >= 11 is 0. The molecule has 30 heavy (non-hydrogen) atoms. The van der Waals surface area contributed by atoms with Gasteiger partial charge in [-0.3, -0.25) is 9.48 Å². The van der Waals surface area contributed by atoms with Gasteiger partial charge in [-0.05, 0) is 63.4 Å². The molecule has 1 amide bonds. The van der Waals surface area contributed by atoms with Crippen LogP contribution in [-0.2, 0) is 23.0 Å². The third-order valence-corrected chi connectivity index (χ3v) is 6.99. The summed E-state index contributed by atoms with van der Waals surface area (Å²) in [7, 11) is 6.10. The molecule has 2 saturated heterocycles. The highest BCUT2D eigenvalue weighted by Crippen LogP contribution is 2.37. The molecule has 0 radical (unpaired) electrons. The number of hydrogen-bond donors (Lipinski definition) is 0. The Kier molecular flexibility index (Phi) is 6.25. The zero-order valence-electron chi connectivity index (χ0n) is 18.5. The topological polar surface area (TPSA) is 50.6 Å². The predicted octanol–water partition coefficient (Wildman–Crippen LogP) is 2.98. The Labute approximate surface area is 179 Å². The molecular formula is C24H34N4O2. The van der Waals surface area contributed by atoms with Gasteiger partial charge in [0.2, 0.25) is 5.91 Å². The molecule has 0 aliphatic carbocycles. The molecule has 0 spiro atoms. The van der Waals surface area contributed by atoms with E-state index in [0.29, 0.717) is 25.2 Å². The molecule has 6 heteroatoms. The van der Waals surface area contributed by atoms with Crippen LogP contribution in [0, 0.1) is 5.41 Å². The molecule has 4 rings (SSSR count). The highest BCUT2D eigenvalue weighted by atomic mass is 16.5. The van der Waals surface area contributed by atoms with E-state index in [1.807, 2.05) is 31.2 Å². The number of likely N-dealkylation sites (tertiary alicyclic amines) is 1. The second-order valence-electron chi connectivity index (χ2n) is 9.12. The van der Waals surface area contributed by atoms with Crippen LogP contribution in [0.2, 0.25) is 0 Å². The summed E-state index contributed by atoms with van der Waals surface area (Å²) in [5.41, 5.74) is 3.13. The molecular weight excluding hydrogens is 376 g/mol. The molecule has 2 aliphatic heterocycles. The first kappa shape index (κ1) is 21.1. The SMILES string of the molecule is CN1CCC(N(C)C(=O)C2(Cc3ccc(-c4cnn(C)c4)cc3)CCOCC2)CC1. The molecule has 0 N–H and O–H groups in total. The number of amides is 1. The molecule has 0 bridgehead atoms. The minimum Gasteiger partial charge on any atom is -0.381 e. The number of piperidine rings is 1. The van der Waals surface area contributed by atoms with Crippen molar-refractivity contribution in [1.82, 2.24) is 19.6 Å². The lowest BCUT2D eigenvalue weighted by atomic mass is 9.73. The first-order valence-electron chi connectivity index (χ1n) is 11.1. The molecule has 1 aromatic carbocycles.